The molecule has 0 aromatic heterocycles. The Kier molecular flexibility index (Phi) is 3.40. The molecule has 2 heteroatoms. The Labute approximate surface area is 118 Å². The fraction of sp³-hybridized carbons (Fsp3) is 0.111. The van der Waals surface area contributed by atoms with Gasteiger partial charge < -0.3 is 10.5 Å². The molecule has 0 fully saturated rings. The van der Waals surface area contributed by atoms with Crippen LogP contribution in [0.5, 0.6) is 11.5 Å². The third kappa shape index (κ3) is 2.38. The number of hydrogen-bond acceptors (Lipinski definition) is 2. The third-order valence-electron chi connectivity index (χ3n) is 3.41. The number of fused-ring (bicyclic) bond motifs is 1. The van der Waals surface area contributed by atoms with Gasteiger partial charge in [0.15, 0.2) is 0 Å². The molecule has 0 heterocycles. The second-order valence-corrected chi connectivity index (χ2v) is 4.89. The van der Waals surface area contributed by atoms with Crippen molar-refractivity contribution in [3.63, 3.8) is 0 Å². The standard InChI is InChI=1S/C18H17NO/c1-13-9-10-17(15(11-13)12-19)20-18-8-4-6-14-5-2-3-7-16(14)18/h2-11H,12,19H2,1H3. The highest BCUT2D eigenvalue weighted by atomic mass is 16.5. The predicted molar refractivity (Wildman–Crippen MR) is 83.1 cm³/mol. The van der Waals surface area contributed by atoms with Gasteiger partial charge in [-0.3, -0.25) is 0 Å². The van der Waals surface area contributed by atoms with E-state index in [2.05, 4.69) is 31.2 Å². The van der Waals surface area contributed by atoms with Gasteiger partial charge >= 0.3 is 0 Å². The largest absolute Gasteiger partial charge is 0.456 e. The van der Waals surface area contributed by atoms with Crippen LogP contribution < -0.4 is 10.5 Å². The molecule has 0 aliphatic rings. The van der Waals surface area contributed by atoms with Gasteiger partial charge in [0, 0.05) is 17.5 Å². The SMILES string of the molecule is Cc1ccc(Oc2cccc3ccccc23)c(CN)c1. The van der Waals surface area contributed by atoms with Crippen molar-refractivity contribution in [1.29, 1.82) is 0 Å². The molecule has 3 aromatic carbocycles. The van der Waals surface area contributed by atoms with Crippen molar-refractivity contribution >= 4 is 10.8 Å². The summed E-state index contributed by atoms with van der Waals surface area (Å²) in [6, 6.07) is 20.4. The lowest BCUT2D eigenvalue weighted by atomic mass is 10.1. The van der Waals surface area contributed by atoms with Crippen molar-refractivity contribution in [2.75, 3.05) is 0 Å². The zero-order valence-corrected chi connectivity index (χ0v) is 11.5. The number of benzene rings is 3. The lowest BCUT2D eigenvalue weighted by molar-refractivity contribution is 0.482. The van der Waals surface area contributed by atoms with Gasteiger partial charge in [-0.1, -0.05) is 54.1 Å². The molecule has 3 aromatic rings. The van der Waals surface area contributed by atoms with Crippen LogP contribution in [0.3, 0.4) is 0 Å². The molecule has 0 bridgehead atoms. The maximum Gasteiger partial charge on any atom is 0.135 e. The molecule has 100 valence electrons. The molecule has 0 saturated carbocycles. The van der Waals surface area contributed by atoms with Gasteiger partial charge in [0.25, 0.3) is 0 Å². The van der Waals surface area contributed by atoms with E-state index in [0.29, 0.717) is 6.54 Å². The van der Waals surface area contributed by atoms with E-state index in [0.717, 1.165) is 22.4 Å². The molecular formula is C18H17NO. The minimum Gasteiger partial charge on any atom is -0.456 e. The predicted octanol–water partition coefficient (Wildman–Crippen LogP) is 4.40. The number of ether oxygens (including phenoxy) is 1. The molecule has 20 heavy (non-hydrogen) atoms. The van der Waals surface area contributed by atoms with Crippen molar-refractivity contribution in [3.05, 3.63) is 71.8 Å². The quantitative estimate of drug-likeness (QED) is 0.760. The second kappa shape index (κ2) is 5.35. The van der Waals surface area contributed by atoms with Gasteiger partial charge in [0.2, 0.25) is 0 Å². The first-order valence-corrected chi connectivity index (χ1v) is 6.73. The zero-order valence-electron chi connectivity index (χ0n) is 11.5. The summed E-state index contributed by atoms with van der Waals surface area (Å²) in [5.74, 6) is 1.69. The van der Waals surface area contributed by atoms with Crippen LogP contribution in [0.4, 0.5) is 0 Å². The highest BCUT2D eigenvalue weighted by Crippen LogP contribution is 2.31. The topological polar surface area (TPSA) is 35.2 Å². The average molecular weight is 263 g/mol. The molecule has 2 N–H and O–H groups in total. The Balaban J connectivity index is 2.05. The normalized spacial score (nSPS) is 10.7. The molecule has 0 spiro atoms. The lowest BCUT2D eigenvalue weighted by Gasteiger charge is -2.12. The monoisotopic (exact) mass is 263 g/mol. The van der Waals surface area contributed by atoms with Crippen LogP contribution in [0.25, 0.3) is 10.8 Å². The van der Waals surface area contributed by atoms with Crippen LogP contribution in [0, 0.1) is 6.92 Å². The second-order valence-electron chi connectivity index (χ2n) is 4.89. The molecule has 0 aliphatic carbocycles. The van der Waals surface area contributed by atoms with Gasteiger partial charge in [-0.2, -0.15) is 0 Å². The molecule has 0 atom stereocenters. The van der Waals surface area contributed by atoms with Crippen molar-refractivity contribution in [2.24, 2.45) is 5.73 Å². The van der Waals surface area contributed by atoms with Crippen LogP contribution in [0.2, 0.25) is 0 Å². The van der Waals surface area contributed by atoms with E-state index in [1.54, 1.807) is 0 Å². The Hall–Kier alpha value is -2.32. The van der Waals surface area contributed by atoms with Crippen molar-refractivity contribution in [3.8, 4) is 11.5 Å². The van der Waals surface area contributed by atoms with Crippen LogP contribution in [-0.4, -0.2) is 0 Å². The minimum atomic E-state index is 0.474. The average Bonchev–Trinajstić information content (AvgIpc) is 2.49. The van der Waals surface area contributed by atoms with Crippen molar-refractivity contribution < 1.29 is 4.74 Å². The molecule has 2 nitrogen and oxygen atoms in total. The van der Waals surface area contributed by atoms with E-state index in [1.807, 2.05) is 36.4 Å². The minimum absolute atomic E-state index is 0.474. The third-order valence-corrected chi connectivity index (χ3v) is 3.41. The first-order chi connectivity index (χ1) is 9.78. The van der Waals surface area contributed by atoms with Crippen LogP contribution in [0.1, 0.15) is 11.1 Å². The summed E-state index contributed by atoms with van der Waals surface area (Å²) in [5, 5.41) is 2.28. The summed E-state index contributed by atoms with van der Waals surface area (Å²) in [5.41, 5.74) is 8.02. The fourth-order valence-electron chi connectivity index (χ4n) is 2.37. The lowest BCUT2D eigenvalue weighted by Crippen LogP contribution is -2.00. The zero-order chi connectivity index (χ0) is 13.9. The number of aryl methyl sites for hydroxylation is 1. The molecule has 0 aliphatic heterocycles. The Morgan fingerprint density at radius 1 is 0.900 bits per heavy atom. The van der Waals surface area contributed by atoms with Gasteiger partial charge in [0.1, 0.15) is 11.5 Å². The Bertz CT molecular complexity index is 744. The molecule has 0 radical (unpaired) electrons. The van der Waals surface area contributed by atoms with E-state index in [9.17, 15) is 0 Å². The van der Waals surface area contributed by atoms with E-state index in [4.69, 9.17) is 10.5 Å². The molecular weight excluding hydrogens is 246 g/mol. The highest BCUT2D eigenvalue weighted by Gasteiger charge is 2.06. The fourth-order valence-corrected chi connectivity index (χ4v) is 2.37. The molecule has 0 unspecified atom stereocenters. The smallest absolute Gasteiger partial charge is 0.135 e. The van der Waals surface area contributed by atoms with Gasteiger partial charge in [0.05, 0.1) is 0 Å². The summed E-state index contributed by atoms with van der Waals surface area (Å²) in [7, 11) is 0. The first-order valence-electron chi connectivity index (χ1n) is 6.73. The van der Waals surface area contributed by atoms with E-state index < -0.39 is 0 Å². The number of nitrogens with two attached hydrogens (primary N) is 1. The summed E-state index contributed by atoms with van der Waals surface area (Å²) in [4.78, 5) is 0. The highest BCUT2D eigenvalue weighted by molar-refractivity contribution is 5.88. The van der Waals surface area contributed by atoms with Crippen molar-refractivity contribution in [2.45, 2.75) is 13.5 Å². The summed E-state index contributed by atoms with van der Waals surface area (Å²) in [6.07, 6.45) is 0. The Morgan fingerprint density at radius 3 is 2.55 bits per heavy atom. The van der Waals surface area contributed by atoms with Crippen LogP contribution in [0.15, 0.2) is 60.7 Å². The summed E-state index contributed by atoms with van der Waals surface area (Å²) < 4.78 is 6.09. The van der Waals surface area contributed by atoms with Gasteiger partial charge in [-0.15, -0.1) is 0 Å². The maximum atomic E-state index is 6.09. The number of hydrogen-bond donors (Lipinski definition) is 1. The number of rotatable bonds is 3. The molecule has 0 amide bonds. The molecule has 3 rings (SSSR count). The summed E-state index contributed by atoms with van der Waals surface area (Å²) in [6.45, 7) is 2.53. The van der Waals surface area contributed by atoms with E-state index in [-0.39, 0.29) is 0 Å². The summed E-state index contributed by atoms with van der Waals surface area (Å²) >= 11 is 0. The maximum absolute atomic E-state index is 6.09. The van der Waals surface area contributed by atoms with Crippen LogP contribution >= 0.6 is 0 Å². The van der Waals surface area contributed by atoms with Crippen LogP contribution in [-0.2, 0) is 6.54 Å². The van der Waals surface area contributed by atoms with Crippen molar-refractivity contribution in [1.82, 2.24) is 0 Å². The van der Waals surface area contributed by atoms with Gasteiger partial charge in [-0.05, 0) is 24.4 Å². The Morgan fingerprint density at radius 2 is 1.70 bits per heavy atom. The van der Waals surface area contributed by atoms with E-state index in [1.165, 1.54) is 10.9 Å². The first kappa shape index (κ1) is 12.7. The molecule has 0 saturated heterocycles. The van der Waals surface area contributed by atoms with E-state index >= 15 is 0 Å². The van der Waals surface area contributed by atoms with Gasteiger partial charge in [-0.25, -0.2) is 0 Å².